The molecule has 0 aliphatic carbocycles. The molecule has 0 N–H and O–H groups in total. The second-order valence-electron chi connectivity index (χ2n) is 8.11. The van der Waals surface area contributed by atoms with Gasteiger partial charge in [0.05, 0.1) is 0 Å². The number of benzene rings is 1. The molecule has 1 saturated heterocycles. The summed E-state index contributed by atoms with van der Waals surface area (Å²) < 4.78 is 37.8. The fourth-order valence-electron chi connectivity index (χ4n) is 4.03. The number of ether oxygens (including phenoxy) is 2. The number of rotatable bonds is 4. The van der Waals surface area contributed by atoms with Gasteiger partial charge in [0.15, 0.2) is 10.8 Å². The van der Waals surface area contributed by atoms with Crippen LogP contribution in [0.1, 0.15) is 45.3 Å². The molecule has 0 bridgehead atoms. The molecule has 0 saturated carbocycles. The van der Waals surface area contributed by atoms with Crippen LogP contribution in [0.5, 0.6) is 11.5 Å². The van der Waals surface area contributed by atoms with Crippen LogP contribution in [0.15, 0.2) is 47.6 Å². The van der Waals surface area contributed by atoms with Gasteiger partial charge in [-0.1, -0.05) is 12.1 Å². The quantitative estimate of drug-likeness (QED) is 0.758. The Kier molecular flexibility index (Phi) is 5.53. The molecule has 2 aliphatic heterocycles. The van der Waals surface area contributed by atoms with Crippen molar-refractivity contribution in [3.05, 3.63) is 48.2 Å². The lowest BCUT2D eigenvalue weighted by atomic mass is 10.1. The zero-order valence-electron chi connectivity index (χ0n) is 17.1. The molecule has 29 heavy (non-hydrogen) atoms. The molecule has 1 fully saturated rings. The van der Waals surface area contributed by atoms with E-state index in [1.165, 1.54) is 6.20 Å². The first kappa shape index (κ1) is 20.2. The van der Waals surface area contributed by atoms with E-state index in [0.717, 1.165) is 37.2 Å². The third-order valence-electron chi connectivity index (χ3n) is 5.89. The fourth-order valence-corrected chi connectivity index (χ4v) is 5.52. The number of hydrogen-bond donors (Lipinski definition) is 0. The molecular formula is C22H28N2O4S. The minimum Gasteiger partial charge on any atom is -0.490 e. The van der Waals surface area contributed by atoms with Crippen LogP contribution in [-0.4, -0.2) is 48.8 Å². The lowest BCUT2D eigenvalue weighted by molar-refractivity contribution is 0.0842. The first-order valence-corrected chi connectivity index (χ1v) is 11.8. The van der Waals surface area contributed by atoms with Crippen LogP contribution in [0.2, 0.25) is 0 Å². The highest BCUT2D eigenvalue weighted by molar-refractivity contribution is 7.92. The van der Waals surface area contributed by atoms with Gasteiger partial charge < -0.3 is 14.4 Å². The van der Waals surface area contributed by atoms with E-state index >= 15 is 0 Å². The van der Waals surface area contributed by atoms with Crippen molar-refractivity contribution >= 4 is 9.84 Å². The number of aromatic nitrogens is 1. The van der Waals surface area contributed by atoms with Gasteiger partial charge in [-0.3, -0.25) is 0 Å². The van der Waals surface area contributed by atoms with Crippen molar-refractivity contribution in [2.24, 2.45) is 0 Å². The van der Waals surface area contributed by atoms with E-state index in [2.05, 4.69) is 23.7 Å². The van der Waals surface area contributed by atoms with Crippen LogP contribution in [-0.2, 0) is 9.84 Å². The van der Waals surface area contributed by atoms with Gasteiger partial charge in [-0.05, 0) is 63.4 Å². The normalized spacial score (nSPS) is 24.7. The average molecular weight is 417 g/mol. The Balaban J connectivity index is 1.46. The molecule has 1 aromatic heterocycles. The van der Waals surface area contributed by atoms with E-state index in [4.69, 9.17) is 9.47 Å². The first-order chi connectivity index (χ1) is 13.9. The summed E-state index contributed by atoms with van der Waals surface area (Å²) in [6.45, 7) is 8.23. The van der Waals surface area contributed by atoms with E-state index in [1.54, 1.807) is 19.1 Å². The molecule has 0 spiro atoms. The molecule has 0 unspecified atom stereocenters. The van der Waals surface area contributed by atoms with Gasteiger partial charge in [-0.15, -0.1) is 0 Å². The minimum absolute atomic E-state index is 0.0245. The second-order valence-corrected chi connectivity index (χ2v) is 10.3. The Labute approximate surface area is 172 Å². The van der Waals surface area contributed by atoms with E-state index in [-0.39, 0.29) is 11.1 Å². The molecule has 0 radical (unpaired) electrons. The fraction of sp³-hybridized carbons (Fsp3) is 0.500. The van der Waals surface area contributed by atoms with Gasteiger partial charge >= 0.3 is 0 Å². The van der Waals surface area contributed by atoms with Crippen molar-refractivity contribution in [1.29, 1.82) is 0 Å². The maximum absolute atomic E-state index is 12.8. The molecule has 1 aromatic carbocycles. The summed E-state index contributed by atoms with van der Waals surface area (Å²) in [5, 5.41) is -0.687. The third kappa shape index (κ3) is 3.98. The van der Waals surface area contributed by atoms with Crippen LogP contribution in [0.4, 0.5) is 0 Å². The Morgan fingerprint density at radius 1 is 1.14 bits per heavy atom. The summed E-state index contributed by atoms with van der Waals surface area (Å²) in [6, 6.07) is 11.5. The second kappa shape index (κ2) is 7.95. The van der Waals surface area contributed by atoms with Crippen molar-refractivity contribution in [3.63, 3.8) is 0 Å². The average Bonchev–Trinajstić information content (AvgIpc) is 2.72. The van der Waals surface area contributed by atoms with Gasteiger partial charge in [-0.2, -0.15) is 0 Å². The Hall–Kier alpha value is -2.12. The number of hydrogen-bond acceptors (Lipinski definition) is 6. The van der Waals surface area contributed by atoms with Crippen molar-refractivity contribution in [3.8, 4) is 11.5 Å². The van der Waals surface area contributed by atoms with E-state index in [0.29, 0.717) is 11.8 Å². The number of nitrogens with zero attached hydrogens (tertiary/aromatic N) is 2. The van der Waals surface area contributed by atoms with Crippen molar-refractivity contribution in [2.75, 3.05) is 13.1 Å². The Morgan fingerprint density at radius 2 is 1.83 bits per heavy atom. The number of fused-ring (bicyclic) bond motifs is 1. The molecule has 2 atom stereocenters. The molecule has 156 valence electrons. The van der Waals surface area contributed by atoms with Crippen LogP contribution >= 0.6 is 0 Å². The summed E-state index contributed by atoms with van der Waals surface area (Å²) in [7, 11) is -3.54. The minimum atomic E-state index is -3.54. The van der Waals surface area contributed by atoms with E-state index < -0.39 is 21.2 Å². The molecule has 6 nitrogen and oxygen atoms in total. The maximum Gasteiger partial charge on any atom is 0.205 e. The monoisotopic (exact) mass is 416 g/mol. The van der Waals surface area contributed by atoms with E-state index in [1.807, 2.05) is 24.3 Å². The summed E-state index contributed by atoms with van der Waals surface area (Å²) in [5.74, 6) is 1.12. The van der Waals surface area contributed by atoms with Crippen LogP contribution < -0.4 is 9.47 Å². The van der Waals surface area contributed by atoms with Crippen molar-refractivity contribution < 1.29 is 17.9 Å². The lowest BCUT2D eigenvalue weighted by Crippen LogP contribution is -2.41. The largest absolute Gasteiger partial charge is 0.490 e. The van der Waals surface area contributed by atoms with Gasteiger partial charge in [0.25, 0.3) is 0 Å². The molecule has 0 amide bonds. The molecule has 7 heteroatoms. The Bertz CT molecular complexity index is 951. The van der Waals surface area contributed by atoms with Crippen LogP contribution in [0, 0.1) is 0 Å². The summed E-state index contributed by atoms with van der Waals surface area (Å²) in [6.07, 6.45) is 3.17. The molecule has 2 aromatic rings. The highest BCUT2D eigenvalue weighted by atomic mass is 32.2. The van der Waals surface area contributed by atoms with Gasteiger partial charge in [0.1, 0.15) is 23.2 Å². The van der Waals surface area contributed by atoms with Gasteiger partial charge in [-0.25, -0.2) is 13.4 Å². The summed E-state index contributed by atoms with van der Waals surface area (Å²) in [5.41, 5.74) is 0.817. The predicted molar refractivity (Wildman–Crippen MR) is 111 cm³/mol. The highest BCUT2D eigenvalue weighted by Crippen LogP contribution is 2.40. The van der Waals surface area contributed by atoms with Crippen LogP contribution in [0.3, 0.4) is 0 Å². The summed E-state index contributed by atoms with van der Waals surface area (Å²) in [4.78, 5) is 6.48. The molecule has 2 aliphatic rings. The molecule has 4 rings (SSSR count). The zero-order valence-corrected chi connectivity index (χ0v) is 17.9. The number of sulfone groups is 1. The van der Waals surface area contributed by atoms with Crippen molar-refractivity contribution in [2.45, 2.75) is 62.1 Å². The number of likely N-dealkylation sites (tertiary alicyclic amines) is 1. The number of pyridine rings is 1. The molecular weight excluding hydrogens is 388 g/mol. The SMILES string of the molecule is CC(C)N1CCC(Oc2ccc([C@@H]3Oc4cccnc4S(=O)(=O)[C@H]3C)cc2)CC1. The maximum atomic E-state index is 12.8. The highest BCUT2D eigenvalue weighted by Gasteiger charge is 2.41. The van der Waals surface area contributed by atoms with Crippen LogP contribution in [0.25, 0.3) is 0 Å². The topological polar surface area (TPSA) is 68.7 Å². The van der Waals surface area contributed by atoms with E-state index in [9.17, 15) is 8.42 Å². The smallest absolute Gasteiger partial charge is 0.205 e. The predicted octanol–water partition coefficient (Wildman–Crippen LogP) is 3.63. The van der Waals surface area contributed by atoms with Crippen molar-refractivity contribution in [1.82, 2.24) is 9.88 Å². The number of piperidine rings is 1. The lowest BCUT2D eigenvalue weighted by Gasteiger charge is -2.34. The summed E-state index contributed by atoms with van der Waals surface area (Å²) >= 11 is 0. The third-order valence-corrected chi connectivity index (χ3v) is 7.97. The van der Waals surface area contributed by atoms with Gasteiger partial charge in [0.2, 0.25) is 9.84 Å². The van der Waals surface area contributed by atoms with Gasteiger partial charge in [0, 0.05) is 25.3 Å². The standard InChI is InChI=1S/C22H28N2O4S/c1-15(2)24-13-10-19(11-14-24)27-18-8-6-17(7-9-18)21-16(3)29(25,26)22-20(28-21)5-4-12-23-22/h4-9,12,15-16,19,21H,10-11,13-14H2,1-3H3/t16-,21+/m0/s1. The molecule has 3 heterocycles. The Morgan fingerprint density at radius 3 is 2.48 bits per heavy atom. The first-order valence-electron chi connectivity index (χ1n) is 10.2. The zero-order chi connectivity index (χ0) is 20.6.